The topological polar surface area (TPSA) is 50.4 Å². The highest BCUT2D eigenvalue weighted by molar-refractivity contribution is 5.96. The molecule has 82 valence electrons. The molecule has 1 unspecified atom stereocenters. The van der Waals surface area contributed by atoms with Crippen molar-refractivity contribution in [2.45, 2.75) is 12.5 Å². The molecule has 2 rings (SSSR count). The van der Waals surface area contributed by atoms with Crippen LogP contribution in [0.2, 0.25) is 0 Å². The standard InChI is InChI=1S/C13H12O3/c14-11(10-5-2-1-3-6-10)9-12(15)13-7-4-8-16-13/h1-8,12,15H,9H2. The third kappa shape index (κ3) is 2.38. The Balaban J connectivity index is 2.03. The molecule has 0 amide bonds. The van der Waals surface area contributed by atoms with Crippen LogP contribution in [0.5, 0.6) is 0 Å². The molecule has 0 aliphatic carbocycles. The minimum Gasteiger partial charge on any atom is -0.467 e. The molecule has 1 aromatic carbocycles. The predicted molar refractivity (Wildman–Crippen MR) is 59.1 cm³/mol. The van der Waals surface area contributed by atoms with Gasteiger partial charge in [-0.15, -0.1) is 0 Å². The summed E-state index contributed by atoms with van der Waals surface area (Å²) in [7, 11) is 0. The number of carbonyl (C=O) groups excluding carboxylic acids is 1. The van der Waals surface area contributed by atoms with E-state index in [9.17, 15) is 9.90 Å². The smallest absolute Gasteiger partial charge is 0.165 e. The van der Waals surface area contributed by atoms with E-state index < -0.39 is 6.10 Å². The predicted octanol–water partition coefficient (Wildman–Crippen LogP) is 2.59. The van der Waals surface area contributed by atoms with Crippen molar-refractivity contribution in [3.05, 3.63) is 60.1 Å². The summed E-state index contributed by atoms with van der Waals surface area (Å²) < 4.78 is 5.03. The second-order valence-electron chi connectivity index (χ2n) is 3.52. The van der Waals surface area contributed by atoms with Crippen LogP contribution in [0.3, 0.4) is 0 Å². The average molecular weight is 216 g/mol. The fraction of sp³-hybridized carbons (Fsp3) is 0.154. The van der Waals surface area contributed by atoms with Crippen LogP contribution in [0.15, 0.2) is 53.1 Å². The van der Waals surface area contributed by atoms with Gasteiger partial charge in [-0.25, -0.2) is 0 Å². The fourth-order valence-electron chi connectivity index (χ4n) is 1.50. The van der Waals surface area contributed by atoms with E-state index in [1.54, 1.807) is 36.4 Å². The number of carbonyl (C=O) groups is 1. The van der Waals surface area contributed by atoms with Gasteiger partial charge in [-0.3, -0.25) is 4.79 Å². The zero-order valence-corrected chi connectivity index (χ0v) is 8.67. The highest BCUT2D eigenvalue weighted by Crippen LogP contribution is 2.19. The molecule has 0 fully saturated rings. The number of ketones is 1. The lowest BCUT2D eigenvalue weighted by Crippen LogP contribution is -2.06. The first-order valence-electron chi connectivity index (χ1n) is 5.07. The van der Waals surface area contributed by atoms with Crippen LogP contribution in [-0.2, 0) is 0 Å². The molecule has 0 spiro atoms. The second-order valence-corrected chi connectivity index (χ2v) is 3.52. The van der Waals surface area contributed by atoms with Gasteiger partial charge in [0, 0.05) is 12.0 Å². The number of hydrogen-bond acceptors (Lipinski definition) is 3. The van der Waals surface area contributed by atoms with Gasteiger partial charge in [0.05, 0.1) is 6.26 Å². The highest BCUT2D eigenvalue weighted by atomic mass is 16.4. The lowest BCUT2D eigenvalue weighted by atomic mass is 10.0. The maximum absolute atomic E-state index is 11.7. The number of aliphatic hydroxyl groups is 1. The molecule has 1 heterocycles. The second kappa shape index (κ2) is 4.77. The summed E-state index contributed by atoms with van der Waals surface area (Å²) in [5, 5.41) is 9.73. The minimum atomic E-state index is -0.872. The van der Waals surface area contributed by atoms with Crippen molar-refractivity contribution in [2.75, 3.05) is 0 Å². The monoisotopic (exact) mass is 216 g/mol. The van der Waals surface area contributed by atoms with E-state index in [0.717, 1.165) is 0 Å². The Kier molecular flexibility index (Phi) is 3.17. The zero-order chi connectivity index (χ0) is 11.4. The molecule has 0 saturated carbocycles. The molecule has 2 aromatic rings. The molecule has 0 aliphatic rings. The number of benzene rings is 1. The van der Waals surface area contributed by atoms with Crippen molar-refractivity contribution in [1.82, 2.24) is 0 Å². The molecule has 1 aromatic heterocycles. The van der Waals surface area contributed by atoms with Crippen LogP contribution < -0.4 is 0 Å². The summed E-state index contributed by atoms with van der Waals surface area (Å²) in [6, 6.07) is 12.3. The van der Waals surface area contributed by atoms with Crippen molar-refractivity contribution < 1.29 is 14.3 Å². The Bertz CT molecular complexity index is 445. The maximum atomic E-state index is 11.7. The van der Waals surface area contributed by atoms with Crippen molar-refractivity contribution in [1.29, 1.82) is 0 Å². The third-order valence-corrected chi connectivity index (χ3v) is 2.35. The average Bonchev–Trinajstić information content (AvgIpc) is 2.83. The quantitative estimate of drug-likeness (QED) is 0.799. The molecular weight excluding hydrogens is 204 g/mol. The number of furan rings is 1. The molecule has 0 saturated heterocycles. The van der Waals surface area contributed by atoms with E-state index in [4.69, 9.17) is 4.42 Å². The summed E-state index contributed by atoms with van der Waals surface area (Å²) in [5.74, 6) is 0.328. The summed E-state index contributed by atoms with van der Waals surface area (Å²) in [4.78, 5) is 11.7. The maximum Gasteiger partial charge on any atom is 0.165 e. The Morgan fingerprint density at radius 1 is 1.19 bits per heavy atom. The number of aliphatic hydroxyl groups excluding tert-OH is 1. The van der Waals surface area contributed by atoms with Crippen LogP contribution in [0.4, 0.5) is 0 Å². The van der Waals surface area contributed by atoms with Crippen LogP contribution in [-0.4, -0.2) is 10.9 Å². The zero-order valence-electron chi connectivity index (χ0n) is 8.67. The summed E-state index contributed by atoms with van der Waals surface area (Å²) in [6.07, 6.45) is 0.644. The minimum absolute atomic E-state index is 0.0392. The fourth-order valence-corrected chi connectivity index (χ4v) is 1.50. The largest absolute Gasteiger partial charge is 0.467 e. The molecule has 1 atom stereocenters. The van der Waals surface area contributed by atoms with Crippen molar-refractivity contribution in [3.8, 4) is 0 Å². The van der Waals surface area contributed by atoms with Gasteiger partial charge in [-0.05, 0) is 12.1 Å². The van der Waals surface area contributed by atoms with E-state index in [1.807, 2.05) is 6.07 Å². The summed E-state index contributed by atoms with van der Waals surface area (Å²) >= 11 is 0. The van der Waals surface area contributed by atoms with Gasteiger partial charge in [0.2, 0.25) is 0 Å². The van der Waals surface area contributed by atoms with Crippen LogP contribution in [0.1, 0.15) is 28.6 Å². The lowest BCUT2D eigenvalue weighted by Gasteiger charge is -2.06. The van der Waals surface area contributed by atoms with Gasteiger partial charge in [-0.2, -0.15) is 0 Å². The van der Waals surface area contributed by atoms with Crippen LogP contribution in [0, 0.1) is 0 Å². The summed E-state index contributed by atoms with van der Waals surface area (Å²) in [6.45, 7) is 0. The summed E-state index contributed by atoms with van der Waals surface area (Å²) in [5.41, 5.74) is 0.605. The SMILES string of the molecule is O=C(CC(O)c1ccco1)c1ccccc1. The van der Waals surface area contributed by atoms with E-state index in [-0.39, 0.29) is 12.2 Å². The van der Waals surface area contributed by atoms with Gasteiger partial charge in [0.1, 0.15) is 11.9 Å². The molecule has 0 aliphatic heterocycles. The third-order valence-electron chi connectivity index (χ3n) is 2.35. The Morgan fingerprint density at radius 3 is 2.56 bits per heavy atom. The van der Waals surface area contributed by atoms with E-state index in [0.29, 0.717) is 11.3 Å². The number of Topliss-reactive ketones (excluding diaryl/α,β-unsaturated/α-hetero) is 1. The number of hydrogen-bond donors (Lipinski definition) is 1. The van der Waals surface area contributed by atoms with E-state index >= 15 is 0 Å². The first-order chi connectivity index (χ1) is 7.77. The van der Waals surface area contributed by atoms with E-state index in [1.165, 1.54) is 6.26 Å². The van der Waals surface area contributed by atoms with Crippen LogP contribution in [0.25, 0.3) is 0 Å². The first-order valence-corrected chi connectivity index (χ1v) is 5.07. The first kappa shape index (κ1) is 10.6. The van der Waals surface area contributed by atoms with Gasteiger partial charge >= 0.3 is 0 Å². The molecule has 3 heteroatoms. The molecular formula is C13H12O3. The Labute approximate surface area is 93.3 Å². The van der Waals surface area contributed by atoms with Crippen molar-refractivity contribution in [2.24, 2.45) is 0 Å². The van der Waals surface area contributed by atoms with Gasteiger partial charge < -0.3 is 9.52 Å². The van der Waals surface area contributed by atoms with Gasteiger partial charge in [-0.1, -0.05) is 30.3 Å². The van der Waals surface area contributed by atoms with E-state index in [2.05, 4.69) is 0 Å². The van der Waals surface area contributed by atoms with Gasteiger partial charge in [0.25, 0.3) is 0 Å². The van der Waals surface area contributed by atoms with Gasteiger partial charge in [0.15, 0.2) is 5.78 Å². The van der Waals surface area contributed by atoms with Crippen molar-refractivity contribution in [3.63, 3.8) is 0 Å². The van der Waals surface area contributed by atoms with Crippen LogP contribution >= 0.6 is 0 Å². The Morgan fingerprint density at radius 2 is 1.94 bits per heavy atom. The molecule has 1 N–H and O–H groups in total. The normalized spacial score (nSPS) is 12.3. The Hall–Kier alpha value is -1.87. The molecule has 16 heavy (non-hydrogen) atoms. The molecule has 0 radical (unpaired) electrons. The number of rotatable bonds is 4. The van der Waals surface area contributed by atoms with Crippen molar-refractivity contribution >= 4 is 5.78 Å². The molecule has 3 nitrogen and oxygen atoms in total. The lowest BCUT2D eigenvalue weighted by molar-refractivity contribution is 0.0844. The highest BCUT2D eigenvalue weighted by Gasteiger charge is 2.16. The molecule has 0 bridgehead atoms.